The normalized spacial score (nSPS) is 20.4. The summed E-state index contributed by atoms with van der Waals surface area (Å²) in [5.74, 6) is 1.97. The fourth-order valence-corrected chi connectivity index (χ4v) is 7.20. The molecule has 3 aliphatic rings. The third-order valence-electron chi connectivity index (χ3n) is 9.39. The second kappa shape index (κ2) is 12.1. The van der Waals surface area contributed by atoms with Gasteiger partial charge in [-0.1, -0.05) is 47.7 Å². The SMILES string of the molecule is COc1cc([C@@H]2c3cc4c(cc3[C@@H](n3cc(COc5ccc(-c6ccccc6)cc5)nn3)[C@H]3COC(=O)[C@H]23)OCO4)cc(OC)c1OC. The van der Waals surface area contributed by atoms with Crippen molar-refractivity contribution in [3.63, 3.8) is 0 Å². The lowest BCUT2D eigenvalue weighted by Gasteiger charge is -2.39. The van der Waals surface area contributed by atoms with Crippen LogP contribution in [0.3, 0.4) is 0 Å². The molecule has 0 N–H and O–H groups in total. The minimum Gasteiger partial charge on any atom is -0.493 e. The van der Waals surface area contributed by atoms with Crippen LogP contribution in [0.4, 0.5) is 0 Å². The second-order valence-corrected chi connectivity index (χ2v) is 11.9. The fraction of sp³-hybridized carbons (Fsp3) is 0.270. The average molecular weight is 648 g/mol. The minimum absolute atomic E-state index is 0.115. The quantitative estimate of drug-likeness (QED) is 0.182. The monoisotopic (exact) mass is 647 g/mol. The first kappa shape index (κ1) is 29.7. The highest BCUT2D eigenvalue weighted by atomic mass is 16.7. The number of ether oxygens (including phenoxy) is 7. The first-order valence-corrected chi connectivity index (χ1v) is 15.6. The molecule has 0 spiro atoms. The molecule has 0 amide bonds. The molecule has 5 aromatic rings. The van der Waals surface area contributed by atoms with E-state index in [9.17, 15) is 4.79 Å². The van der Waals surface area contributed by atoms with Crippen molar-refractivity contribution in [2.24, 2.45) is 11.8 Å². The van der Waals surface area contributed by atoms with Gasteiger partial charge in [0.2, 0.25) is 12.5 Å². The van der Waals surface area contributed by atoms with E-state index in [1.165, 1.54) is 0 Å². The Morgan fingerprint density at radius 1 is 0.812 bits per heavy atom. The zero-order valence-corrected chi connectivity index (χ0v) is 26.6. The number of fused-ring (bicyclic) bond motifs is 3. The number of hydrogen-bond donors (Lipinski definition) is 0. The van der Waals surface area contributed by atoms with Crippen molar-refractivity contribution in [1.82, 2.24) is 15.0 Å². The highest BCUT2D eigenvalue weighted by Gasteiger charge is 2.53. The van der Waals surface area contributed by atoms with E-state index < -0.39 is 11.8 Å². The largest absolute Gasteiger partial charge is 0.493 e. The van der Waals surface area contributed by atoms with Crippen LogP contribution in [0, 0.1) is 11.8 Å². The maximum Gasteiger partial charge on any atom is 0.310 e. The van der Waals surface area contributed by atoms with Crippen LogP contribution >= 0.6 is 0 Å². The minimum atomic E-state index is -0.530. The zero-order chi connectivity index (χ0) is 32.8. The third kappa shape index (κ3) is 5.02. The summed E-state index contributed by atoms with van der Waals surface area (Å²) in [4.78, 5) is 13.6. The number of rotatable bonds is 9. The molecule has 3 heterocycles. The summed E-state index contributed by atoms with van der Waals surface area (Å²) in [7, 11) is 4.70. The average Bonchev–Trinajstić information content (AvgIpc) is 3.89. The highest BCUT2D eigenvalue weighted by molar-refractivity contribution is 5.79. The Balaban J connectivity index is 1.14. The van der Waals surface area contributed by atoms with E-state index in [0.717, 1.165) is 33.6 Å². The molecule has 1 fully saturated rings. The molecule has 244 valence electrons. The lowest BCUT2D eigenvalue weighted by Crippen LogP contribution is -2.37. The first-order chi connectivity index (χ1) is 23.6. The maximum absolute atomic E-state index is 13.6. The number of esters is 1. The molecule has 2 aliphatic heterocycles. The smallest absolute Gasteiger partial charge is 0.310 e. The van der Waals surface area contributed by atoms with E-state index in [1.807, 2.05) is 77.6 Å². The lowest BCUT2D eigenvalue weighted by molar-refractivity contribution is -0.141. The molecule has 1 aliphatic carbocycles. The summed E-state index contributed by atoms with van der Waals surface area (Å²) in [5, 5.41) is 9.00. The summed E-state index contributed by atoms with van der Waals surface area (Å²) in [6, 6.07) is 25.5. The number of nitrogens with zero attached hydrogens (tertiary/aromatic N) is 3. The zero-order valence-electron chi connectivity index (χ0n) is 26.6. The summed E-state index contributed by atoms with van der Waals surface area (Å²) >= 11 is 0. The number of cyclic esters (lactones) is 1. The number of carbonyl (C=O) groups excluding carboxylic acids is 1. The molecule has 0 saturated carbocycles. The summed E-state index contributed by atoms with van der Waals surface area (Å²) in [6.45, 7) is 0.565. The fourth-order valence-electron chi connectivity index (χ4n) is 7.20. The molecule has 11 nitrogen and oxygen atoms in total. The van der Waals surface area contributed by atoms with Gasteiger partial charge in [0.1, 0.15) is 18.1 Å². The van der Waals surface area contributed by atoms with E-state index in [0.29, 0.717) is 34.4 Å². The standard InChI is InChI=1S/C37H33N3O8/c1-42-31-13-23(14-32(43-2)36(31)44-3)33-26-15-29-30(48-20-47-29)16-27(26)35(28-19-46-37(41)34(28)33)40-17-24(38-39-40)18-45-25-11-9-22(10-12-25)21-7-5-4-6-8-21/h4-17,28,33-35H,18-20H2,1-3H3/t28-,33+,34-,35+/m0/s1. The molecular weight excluding hydrogens is 614 g/mol. The Hall–Kier alpha value is -5.71. The molecule has 0 bridgehead atoms. The second-order valence-electron chi connectivity index (χ2n) is 11.9. The van der Waals surface area contributed by atoms with E-state index in [1.54, 1.807) is 21.3 Å². The highest BCUT2D eigenvalue weighted by Crippen LogP contribution is 2.56. The van der Waals surface area contributed by atoms with Crippen LogP contribution in [0.1, 0.15) is 34.3 Å². The van der Waals surface area contributed by atoms with Crippen molar-refractivity contribution in [1.29, 1.82) is 0 Å². The molecule has 11 heteroatoms. The van der Waals surface area contributed by atoms with Crippen molar-refractivity contribution in [2.75, 3.05) is 34.7 Å². The van der Waals surface area contributed by atoms with Gasteiger partial charge in [-0.25, -0.2) is 4.68 Å². The predicted molar refractivity (Wildman–Crippen MR) is 173 cm³/mol. The van der Waals surface area contributed by atoms with Crippen LogP contribution in [0.15, 0.2) is 85.1 Å². The number of hydrogen-bond acceptors (Lipinski definition) is 10. The van der Waals surface area contributed by atoms with Gasteiger partial charge in [-0.05, 0) is 64.2 Å². The van der Waals surface area contributed by atoms with Crippen LogP contribution in [0.2, 0.25) is 0 Å². The van der Waals surface area contributed by atoms with Gasteiger partial charge in [0, 0.05) is 11.8 Å². The number of methoxy groups -OCH3 is 3. The molecular formula is C37H33N3O8. The molecule has 0 unspecified atom stereocenters. The summed E-state index contributed by atoms with van der Waals surface area (Å²) in [5.41, 5.74) is 5.55. The van der Waals surface area contributed by atoms with Crippen LogP contribution in [0.25, 0.3) is 11.1 Å². The van der Waals surface area contributed by atoms with Crippen LogP contribution < -0.4 is 28.4 Å². The molecule has 0 radical (unpaired) electrons. The topological polar surface area (TPSA) is 112 Å². The third-order valence-corrected chi connectivity index (χ3v) is 9.39. The van der Waals surface area contributed by atoms with Gasteiger partial charge in [0.25, 0.3) is 0 Å². The molecule has 4 atom stereocenters. The van der Waals surface area contributed by atoms with Crippen molar-refractivity contribution < 1.29 is 38.0 Å². The predicted octanol–water partition coefficient (Wildman–Crippen LogP) is 5.80. The van der Waals surface area contributed by atoms with Gasteiger partial charge in [-0.3, -0.25) is 4.79 Å². The maximum atomic E-state index is 13.6. The van der Waals surface area contributed by atoms with Gasteiger partial charge in [-0.15, -0.1) is 5.10 Å². The van der Waals surface area contributed by atoms with Crippen LogP contribution in [-0.2, 0) is 16.1 Å². The molecule has 4 aromatic carbocycles. The molecule has 8 rings (SSSR count). The van der Waals surface area contributed by atoms with Gasteiger partial charge in [-0.2, -0.15) is 0 Å². The Labute approximate surface area is 276 Å². The number of aromatic nitrogens is 3. The Kier molecular flexibility index (Phi) is 7.51. The van der Waals surface area contributed by atoms with E-state index in [-0.39, 0.29) is 37.9 Å². The Morgan fingerprint density at radius 2 is 1.50 bits per heavy atom. The molecule has 1 saturated heterocycles. The molecule has 48 heavy (non-hydrogen) atoms. The van der Waals surface area contributed by atoms with E-state index >= 15 is 0 Å². The van der Waals surface area contributed by atoms with E-state index in [4.69, 9.17) is 33.2 Å². The Bertz CT molecular complexity index is 1950. The summed E-state index contributed by atoms with van der Waals surface area (Å²) < 4.78 is 42.2. The molecule has 1 aromatic heterocycles. The summed E-state index contributed by atoms with van der Waals surface area (Å²) in [6.07, 6.45) is 1.87. The van der Waals surface area contributed by atoms with Crippen LogP contribution in [-0.4, -0.2) is 55.7 Å². The number of carbonyl (C=O) groups is 1. The Morgan fingerprint density at radius 3 is 2.19 bits per heavy atom. The first-order valence-electron chi connectivity index (χ1n) is 15.6. The van der Waals surface area contributed by atoms with Crippen LogP contribution in [0.5, 0.6) is 34.5 Å². The van der Waals surface area contributed by atoms with Crippen molar-refractivity contribution in [3.8, 4) is 45.6 Å². The van der Waals surface area contributed by atoms with Gasteiger partial charge in [0.05, 0.1) is 46.1 Å². The van der Waals surface area contributed by atoms with Gasteiger partial charge in [0.15, 0.2) is 23.0 Å². The lowest BCUT2D eigenvalue weighted by atomic mass is 9.65. The van der Waals surface area contributed by atoms with Crippen molar-refractivity contribution in [3.05, 3.63) is 107 Å². The van der Waals surface area contributed by atoms with E-state index in [2.05, 4.69) is 22.4 Å². The number of benzene rings is 4. The van der Waals surface area contributed by atoms with Gasteiger partial charge >= 0.3 is 5.97 Å². The van der Waals surface area contributed by atoms with Crippen molar-refractivity contribution >= 4 is 5.97 Å². The van der Waals surface area contributed by atoms with Crippen molar-refractivity contribution in [2.45, 2.75) is 18.6 Å². The van der Waals surface area contributed by atoms with Gasteiger partial charge < -0.3 is 33.2 Å².